The van der Waals surface area contributed by atoms with Crippen molar-refractivity contribution in [3.63, 3.8) is 0 Å². The van der Waals surface area contributed by atoms with Crippen molar-refractivity contribution in [3.8, 4) is 0 Å². The molecule has 1 fully saturated rings. The van der Waals surface area contributed by atoms with Crippen LogP contribution in [-0.4, -0.2) is 36.1 Å². The SMILES string of the molecule is CC(C)NCC(C(C)C)N(CC1CC1)C(C)C. The molecule has 1 aliphatic carbocycles. The van der Waals surface area contributed by atoms with Crippen LogP contribution in [-0.2, 0) is 0 Å². The van der Waals surface area contributed by atoms with Crippen molar-refractivity contribution in [1.29, 1.82) is 0 Å². The van der Waals surface area contributed by atoms with E-state index in [0.29, 0.717) is 18.1 Å². The Morgan fingerprint density at radius 2 is 1.65 bits per heavy atom. The second-order valence-corrected chi connectivity index (χ2v) is 6.61. The van der Waals surface area contributed by atoms with E-state index in [4.69, 9.17) is 0 Å². The van der Waals surface area contributed by atoms with Crippen LogP contribution >= 0.6 is 0 Å². The first kappa shape index (κ1) is 15.0. The number of rotatable bonds is 8. The van der Waals surface area contributed by atoms with Gasteiger partial charge in [0.15, 0.2) is 0 Å². The molecule has 1 unspecified atom stereocenters. The van der Waals surface area contributed by atoms with Crippen LogP contribution in [0.2, 0.25) is 0 Å². The Kier molecular flexibility index (Phi) is 5.94. The molecule has 0 aliphatic heterocycles. The van der Waals surface area contributed by atoms with Gasteiger partial charge in [0.05, 0.1) is 0 Å². The van der Waals surface area contributed by atoms with E-state index < -0.39 is 0 Å². The molecule has 0 amide bonds. The lowest BCUT2D eigenvalue weighted by Crippen LogP contribution is -2.50. The normalized spacial score (nSPS) is 18.7. The zero-order valence-electron chi connectivity index (χ0n) is 12.7. The summed E-state index contributed by atoms with van der Waals surface area (Å²) in [6.07, 6.45) is 2.90. The average molecular weight is 240 g/mol. The maximum absolute atomic E-state index is 3.61. The molecule has 2 nitrogen and oxygen atoms in total. The first-order valence-corrected chi connectivity index (χ1v) is 7.41. The van der Waals surface area contributed by atoms with E-state index in [2.05, 4.69) is 51.8 Å². The molecule has 0 bridgehead atoms. The molecule has 0 spiro atoms. The summed E-state index contributed by atoms with van der Waals surface area (Å²) in [4.78, 5) is 2.72. The highest BCUT2D eigenvalue weighted by Gasteiger charge is 2.30. The molecule has 1 rings (SSSR count). The highest BCUT2D eigenvalue weighted by Crippen LogP contribution is 2.31. The van der Waals surface area contributed by atoms with Crippen molar-refractivity contribution >= 4 is 0 Å². The van der Waals surface area contributed by atoms with Gasteiger partial charge in [0.2, 0.25) is 0 Å². The largest absolute Gasteiger partial charge is 0.313 e. The Morgan fingerprint density at radius 3 is 2.00 bits per heavy atom. The predicted octanol–water partition coefficient (Wildman–Crippen LogP) is 3.13. The van der Waals surface area contributed by atoms with E-state index >= 15 is 0 Å². The van der Waals surface area contributed by atoms with E-state index in [1.165, 1.54) is 19.4 Å². The standard InChI is InChI=1S/C15H32N2/c1-11(2)15(9-16-12(3)4)17(13(5)6)10-14-7-8-14/h11-16H,7-10H2,1-6H3. The van der Waals surface area contributed by atoms with E-state index in [0.717, 1.165) is 18.4 Å². The van der Waals surface area contributed by atoms with Crippen molar-refractivity contribution in [1.82, 2.24) is 10.2 Å². The Hall–Kier alpha value is -0.0800. The molecule has 1 aliphatic rings. The minimum atomic E-state index is 0.589. The Labute approximate surface area is 108 Å². The molecule has 1 saturated carbocycles. The molecule has 1 atom stereocenters. The summed E-state index contributed by atoms with van der Waals surface area (Å²) in [5.41, 5.74) is 0. The molecular formula is C15H32N2. The smallest absolute Gasteiger partial charge is 0.0246 e. The minimum Gasteiger partial charge on any atom is -0.313 e. The van der Waals surface area contributed by atoms with Crippen LogP contribution in [0.25, 0.3) is 0 Å². The quantitative estimate of drug-likeness (QED) is 0.701. The third kappa shape index (κ3) is 5.39. The van der Waals surface area contributed by atoms with Gasteiger partial charge in [0, 0.05) is 31.2 Å². The van der Waals surface area contributed by atoms with Gasteiger partial charge in [-0.1, -0.05) is 27.7 Å². The van der Waals surface area contributed by atoms with Gasteiger partial charge in [-0.2, -0.15) is 0 Å². The highest BCUT2D eigenvalue weighted by atomic mass is 15.2. The predicted molar refractivity (Wildman–Crippen MR) is 76.3 cm³/mol. The molecule has 0 aromatic heterocycles. The molecular weight excluding hydrogens is 208 g/mol. The van der Waals surface area contributed by atoms with Gasteiger partial charge >= 0.3 is 0 Å². The molecule has 0 aromatic carbocycles. The maximum Gasteiger partial charge on any atom is 0.0246 e. The summed E-state index contributed by atoms with van der Waals surface area (Å²) in [6.45, 7) is 16.3. The second-order valence-electron chi connectivity index (χ2n) is 6.61. The van der Waals surface area contributed by atoms with Crippen molar-refractivity contribution in [2.45, 2.75) is 72.5 Å². The molecule has 1 N–H and O–H groups in total. The zero-order chi connectivity index (χ0) is 13.0. The Balaban J connectivity index is 2.55. The maximum atomic E-state index is 3.61. The van der Waals surface area contributed by atoms with Crippen LogP contribution in [0, 0.1) is 11.8 Å². The van der Waals surface area contributed by atoms with Gasteiger partial charge in [0.25, 0.3) is 0 Å². The monoisotopic (exact) mass is 240 g/mol. The first-order chi connectivity index (χ1) is 7.91. The first-order valence-electron chi connectivity index (χ1n) is 7.41. The fourth-order valence-corrected chi connectivity index (χ4v) is 2.42. The number of nitrogens with one attached hydrogen (secondary N) is 1. The number of hydrogen-bond donors (Lipinski definition) is 1. The van der Waals surface area contributed by atoms with Crippen LogP contribution in [0.5, 0.6) is 0 Å². The minimum absolute atomic E-state index is 0.589. The van der Waals surface area contributed by atoms with Crippen molar-refractivity contribution in [2.24, 2.45) is 11.8 Å². The van der Waals surface area contributed by atoms with Gasteiger partial charge in [-0.05, 0) is 38.5 Å². The molecule has 102 valence electrons. The summed E-state index contributed by atoms with van der Waals surface area (Å²) in [5, 5.41) is 3.61. The third-order valence-corrected chi connectivity index (χ3v) is 3.76. The zero-order valence-corrected chi connectivity index (χ0v) is 12.7. The molecule has 2 heteroatoms. The summed E-state index contributed by atoms with van der Waals surface area (Å²) in [5.74, 6) is 1.71. The fourth-order valence-electron chi connectivity index (χ4n) is 2.42. The van der Waals surface area contributed by atoms with Crippen LogP contribution in [0.15, 0.2) is 0 Å². The van der Waals surface area contributed by atoms with Gasteiger partial charge in [-0.3, -0.25) is 4.90 Å². The lowest BCUT2D eigenvalue weighted by molar-refractivity contribution is 0.108. The van der Waals surface area contributed by atoms with Crippen LogP contribution < -0.4 is 5.32 Å². The highest BCUT2D eigenvalue weighted by molar-refractivity contribution is 4.85. The number of nitrogens with zero attached hydrogens (tertiary/aromatic N) is 1. The van der Waals surface area contributed by atoms with E-state index in [9.17, 15) is 0 Å². The molecule has 0 radical (unpaired) electrons. The lowest BCUT2D eigenvalue weighted by atomic mass is 10.00. The van der Waals surface area contributed by atoms with E-state index in [1.807, 2.05) is 0 Å². The van der Waals surface area contributed by atoms with Gasteiger partial charge in [-0.15, -0.1) is 0 Å². The van der Waals surface area contributed by atoms with Gasteiger partial charge in [-0.25, -0.2) is 0 Å². The van der Waals surface area contributed by atoms with E-state index in [1.54, 1.807) is 0 Å². The van der Waals surface area contributed by atoms with Gasteiger partial charge < -0.3 is 5.32 Å². The van der Waals surface area contributed by atoms with Crippen molar-refractivity contribution in [2.75, 3.05) is 13.1 Å². The van der Waals surface area contributed by atoms with Crippen molar-refractivity contribution < 1.29 is 0 Å². The van der Waals surface area contributed by atoms with Gasteiger partial charge in [0.1, 0.15) is 0 Å². The van der Waals surface area contributed by atoms with Crippen LogP contribution in [0.4, 0.5) is 0 Å². The summed E-state index contributed by atoms with van der Waals surface area (Å²) < 4.78 is 0. The van der Waals surface area contributed by atoms with Crippen molar-refractivity contribution in [3.05, 3.63) is 0 Å². The summed E-state index contributed by atoms with van der Waals surface area (Å²) in [7, 11) is 0. The third-order valence-electron chi connectivity index (χ3n) is 3.76. The summed E-state index contributed by atoms with van der Waals surface area (Å²) in [6, 6.07) is 1.93. The molecule has 17 heavy (non-hydrogen) atoms. The van der Waals surface area contributed by atoms with Crippen LogP contribution in [0.3, 0.4) is 0 Å². The van der Waals surface area contributed by atoms with Crippen LogP contribution in [0.1, 0.15) is 54.4 Å². The Bertz CT molecular complexity index is 207. The fraction of sp³-hybridized carbons (Fsp3) is 1.00. The van der Waals surface area contributed by atoms with E-state index in [-0.39, 0.29) is 0 Å². The second kappa shape index (κ2) is 6.75. The molecule has 0 heterocycles. The average Bonchev–Trinajstić information content (AvgIpc) is 2.98. The topological polar surface area (TPSA) is 15.3 Å². The summed E-state index contributed by atoms with van der Waals surface area (Å²) >= 11 is 0. The molecule has 0 aromatic rings. The lowest BCUT2D eigenvalue weighted by Gasteiger charge is -2.38. The Morgan fingerprint density at radius 1 is 1.06 bits per heavy atom. The molecule has 0 saturated heterocycles. The number of hydrogen-bond acceptors (Lipinski definition) is 2.